The Morgan fingerprint density at radius 2 is 1.51 bits per heavy atom. The minimum Gasteiger partial charge on any atom is -0.481 e. The number of para-hydroxylation sites is 1. The van der Waals surface area contributed by atoms with E-state index in [2.05, 4.69) is 30.8 Å². The standard InChI is InChI=1S/C14H22NOP.C10H8O2S.C6H7N.CH3Cl/c1-3-17(4-2)11-10-15-12-14(16)13-8-6-5-7-9-13;11-9(12)6-8-3-1-2-7-4-5-13-10(7)8;7-6-4-2-1-3-5-6;1-2/h5-9,15H,3-4,10-12H2,1-2H3;1-5H,6H2,(H,11,12);1-5H,7H2;1H3. The summed E-state index contributed by atoms with van der Waals surface area (Å²) in [6, 6.07) is 26.7. The van der Waals surface area contributed by atoms with E-state index in [1.54, 1.807) is 11.3 Å². The van der Waals surface area contributed by atoms with Crippen molar-refractivity contribution in [1.29, 1.82) is 0 Å². The van der Waals surface area contributed by atoms with Crippen molar-refractivity contribution in [3.8, 4) is 0 Å². The number of hydrogen-bond donors (Lipinski definition) is 3. The second kappa shape index (κ2) is 21.1. The maximum absolute atomic E-state index is 11.8. The predicted octanol–water partition coefficient (Wildman–Crippen LogP) is 7.63. The van der Waals surface area contributed by atoms with Crippen LogP contribution in [0.2, 0.25) is 0 Å². The zero-order valence-electron chi connectivity index (χ0n) is 23.0. The number of nitrogens with one attached hydrogen (secondary N) is 1. The molecule has 210 valence electrons. The van der Waals surface area contributed by atoms with Gasteiger partial charge in [-0.05, 0) is 59.6 Å². The Hall–Kier alpha value is -2.76. The lowest BCUT2D eigenvalue weighted by atomic mass is 10.1. The maximum Gasteiger partial charge on any atom is 0.307 e. The van der Waals surface area contributed by atoms with Gasteiger partial charge in [0.1, 0.15) is 0 Å². The Kier molecular flexibility index (Phi) is 18.5. The summed E-state index contributed by atoms with van der Waals surface area (Å²) in [7, 11) is 0.185. The fraction of sp³-hybridized carbons (Fsp3) is 0.290. The van der Waals surface area contributed by atoms with E-state index in [4.69, 9.17) is 10.8 Å². The Morgan fingerprint density at radius 1 is 0.897 bits per heavy atom. The van der Waals surface area contributed by atoms with Gasteiger partial charge < -0.3 is 16.2 Å². The summed E-state index contributed by atoms with van der Waals surface area (Å²) in [5, 5.41) is 15.0. The first-order chi connectivity index (χ1) is 18.9. The SMILES string of the molecule is CCP(CC)CCNCC(=O)c1ccccc1.CCl.Nc1ccccc1.O=C(O)Cc1cccc2ccsc12. The number of halogens is 1. The third-order valence-electron chi connectivity index (χ3n) is 5.58. The van der Waals surface area contributed by atoms with Gasteiger partial charge in [-0.2, -0.15) is 0 Å². The van der Waals surface area contributed by atoms with Gasteiger partial charge in [0.2, 0.25) is 0 Å². The first kappa shape index (κ1) is 34.3. The van der Waals surface area contributed by atoms with Crippen LogP contribution < -0.4 is 11.1 Å². The molecular weight excluding hydrogens is 547 g/mol. The molecule has 0 atom stereocenters. The molecule has 0 radical (unpaired) electrons. The van der Waals surface area contributed by atoms with Crippen molar-refractivity contribution in [3.05, 3.63) is 101 Å². The van der Waals surface area contributed by atoms with Crippen LogP contribution >= 0.6 is 30.9 Å². The third-order valence-corrected chi connectivity index (χ3v) is 9.23. The molecule has 39 heavy (non-hydrogen) atoms. The molecule has 0 saturated heterocycles. The number of nitrogen functional groups attached to an aromatic ring is 1. The van der Waals surface area contributed by atoms with E-state index in [1.807, 2.05) is 90.3 Å². The molecule has 0 unspecified atom stereocenters. The van der Waals surface area contributed by atoms with Gasteiger partial charge in [-0.3, -0.25) is 9.59 Å². The molecule has 5 nitrogen and oxygen atoms in total. The quantitative estimate of drug-likeness (QED) is 0.0584. The Bertz CT molecular complexity index is 1200. The van der Waals surface area contributed by atoms with E-state index >= 15 is 0 Å². The minimum atomic E-state index is -0.777. The normalized spacial score (nSPS) is 9.87. The molecule has 8 heteroatoms. The lowest BCUT2D eigenvalue weighted by Crippen LogP contribution is -2.25. The predicted molar refractivity (Wildman–Crippen MR) is 172 cm³/mol. The van der Waals surface area contributed by atoms with Crippen molar-refractivity contribution < 1.29 is 14.7 Å². The van der Waals surface area contributed by atoms with Crippen LogP contribution in [0.15, 0.2) is 90.3 Å². The topological polar surface area (TPSA) is 92.4 Å². The van der Waals surface area contributed by atoms with E-state index in [1.165, 1.54) is 24.9 Å². The van der Waals surface area contributed by atoms with Crippen molar-refractivity contribution in [1.82, 2.24) is 5.32 Å². The number of fused-ring (bicyclic) bond motifs is 1. The van der Waals surface area contributed by atoms with E-state index in [0.29, 0.717) is 6.54 Å². The van der Waals surface area contributed by atoms with Gasteiger partial charge >= 0.3 is 5.97 Å². The number of alkyl halides is 1. The average molecular weight is 587 g/mol. The third kappa shape index (κ3) is 14.3. The van der Waals surface area contributed by atoms with Gasteiger partial charge in [-0.15, -0.1) is 30.9 Å². The molecule has 0 spiro atoms. The number of anilines is 1. The fourth-order valence-corrected chi connectivity index (χ4v) is 5.98. The van der Waals surface area contributed by atoms with Crippen LogP contribution in [0.5, 0.6) is 0 Å². The number of hydrogen-bond acceptors (Lipinski definition) is 5. The van der Waals surface area contributed by atoms with Gasteiger partial charge in [0.05, 0.1) is 13.0 Å². The van der Waals surface area contributed by atoms with Crippen LogP contribution in [-0.4, -0.2) is 54.8 Å². The van der Waals surface area contributed by atoms with Crippen LogP contribution in [-0.2, 0) is 11.2 Å². The summed E-state index contributed by atoms with van der Waals surface area (Å²) in [5.41, 5.74) is 7.88. The average Bonchev–Trinajstić information content (AvgIpc) is 3.46. The first-order valence-electron chi connectivity index (χ1n) is 12.8. The molecule has 3 aromatic carbocycles. The monoisotopic (exact) mass is 586 g/mol. The van der Waals surface area contributed by atoms with Crippen LogP contribution in [0, 0.1) is 0 Å². The van der Waals surface area contributed by atoms with Crippen molar-refractivity contribution in [2.45, 2.75) is 20.3 Å². The molecule has 4 N–H and O–H groups in total. The van der Waals surface area contributed by atoms with E-state index in [-0.39, 0.29) is 20.1 Å². The van der Waals surface area contributed by atoms with Crippen molar-refractivity contribution >= 4 is 58.4 Å². The van der Waals surface area contributed by atoms with E-state index < -0.39 is 5.97 Å². The smallest absolute Gasteiger partial charge is 0.307 e. The van der Waals surface area contributed by atoms with Gasteiger partial charge in [-0.25, -0.2) is 0 Å². The van der Waals surface area contributed by atoms with E-state index in [9.17, 15) is 9.59 Å². The highest BCUT2D eigenvalue weighted by Gasteiger charge is 2.06. The highest BCUT2D eigenvalue weighted by Crippen LogP contribution is 2.32. The zero-order chi connectivity index (χ0) is 28.9. The number of ketones is 1. The molecule has 1 heterocycles. The minimum absolute atomic E-state index is 0.109. The number of aliphatic carboxylic acids is 1. The molecule has 4 rings (SSSR count). The largest absolute Gasteiger partial charge is 0.481 e. The molecule has 0 aliphatic rings. The molecule has 1 aromatic heterocycles. The number of carbonyl (C=O) groups is 2. The number of carboxylic acids is 1. The molecular formula is C31H40ClN2O3PS. The number of benzene rings is 3. The fourth-order valence-electron chi connectivity index (χ4n) is 3.52. The summed E-state index contributed by atoms with van der Waals surface area (Å²) >= 11 is 6.23. The summed E-state index contributed by atoms with van der Waals surface area (Å²) in [6.07, 6.45) is 5.39. The molecule has 0 aliphatic heterocycles. The van der Waals surface area contributed by atoms with Crippen LogP contribution in [0.1, 0.15) is 29.8 Å². The number of carbonyl (C=O) groups excluding carboxylic acids is 1. The second-order valence-electron chi connectivity index (χ2n) is 8.23. The zero-order valence-corrected chi connectivity index (χ0v) is 25.4. The van der Waals surface area contributed by atoms with Crippen molar-refractivity contribution in [2.24, 2.45) is 0 Å². The lowest BCUT2D eigenvalue weighted by molar-refractivity contribution is -0.136. The number of carboxylic acid groups (broad SMARTS) is 1. The van der Waals surface area contributed by atoms with Crippen molar-refractivity contribution in [2.75, 3.05) is 43.7 Å². The molecule has 0 fully saturated rings. The molecule has 0 saturated carbocycles. The van der Waals surface area contributed by atoms with Gasteiger partial charge in [0, 0.05) is 22.3 Å². The summed E-state index contributed by atoms with van der Waals surface area (Å²) in [6.45, 7) is 5.93. The van der Waals surface area contributed by atoms with Gasteiger partial charge in [0.15, 0.2) is 5.78 Å². The van der Waals surface area contributed by atoms with Gasteiger partial charge in [-0.1, -0.05) is 80.6 Å². The Balaban J connectivity index is 0.000000304. The molecule has 4 aromatic rings. The molecule has 0 aliphatic carbocycles. The van der Waals surface area contributed by atoms with Crippen molar-refractivity contribution in [3.63, 3.8) is 0 Å². The van der Waals surface area contributed by atoms with Gasteiger partial charge in [0.25, 0.3) is 0 Å². The summed E-state index contributed by atoms with van der Waals surface area (Å²) in [5.74, 6) is -0.594. The van der Waals surface area contributed by atoms with Crippen LogP contribution in [0.25, 0.3) is 10.1 Å². The highest BCUT2D eigenvalue weighted by atomic mass is 35.5. The first-order valence-corrected chi connectivity index (χ1v) is 16.3. The Morgan fingerprint density at radius 3 is 2.05 bits per heavy atom. The highest BCUT2D eigenvalue weighted by molar-refractivity contribution is 7.57. The molecule has 0 bridgehead atoms. The lowest BCUT2D eigenvalue weighted by Gasteiger charge is -2.13. The Labute approximate surface area is 243 Å². The van der Waals surface area contributed by atoms with Crippen LogP contribution in [0.3, 0.4) is 0 Å². The number of rotatable bonds is 10. The number of nitrogens with two attached hydrogens (primary N) is 1. The van der Waals surface area contributed by atoms with Crippen LogP contribution in [0.4, 0.5) is 5.69 Å². The number of Topliss-reactive ketones (excluding diaryl/α,β-unsaturated/α-hetero) is 1. The van der Waals surface area contributed by atoms with E-state index in [0.717, 1.165) is 33.4 Å². The summed E-state index contributed by atoms with van der Waals surface area (Å²) in [4.78, 5) is 22.3. The second-order valence-corrected chi connectivity index (χ2v) is 12.2. The number of thiophene rings is 1. The summed E-state index contributed by atoms with van der Waals surface area (Å²) < 4.78 is 1.09. The maximum atomic E-state index is 11.8. The molecule has 0 amide bonds.